The highest BCUT2D eigenvalue weighted by atomic mass is 19.4. The van der Waals surface area contributed by atoms with Crippen molar-refractivity contribution in [3.05, 3.63) is 29.3 Å². The monoisotopic (exact) mass is 297 g/mol. The van der Waals surface area contributed by atoms with Crippen molar-refractivity contribution in [2.24, 2.45) is 5.73 Å². The van der Waals surface area contributed by atoms with Crippen LogP contribution in [0.25, 0.3) is 0 Å². The molecule has 0 radical (unpaired) electrons. The summed E-state index contributed by atoms with van der Waals surface area (Å²) >= 11 is 0. The van der Waals surface area contributed by atoms with Crippen molar-refractivity contribution in [3.8, 4) is 6.07 Å². The zero-order valence-corrected chi connectivity index (χ0v) is 11.6. The fraction of sp³-hybridized carbons (Fsp3) is 0.533. The summed E-state index contributed by atoms with van der Waals surface area (Å²) < 4.78 is 38.0. The van der Waals surface area contributed by atoms with E-state index in [0.717, 1.165) is 44.2 Å². The van der Waals surface area contributed by atoms with E-state index in [1.165, 1.54) is 6.07 Å². The van der Waals surface area contributed by atoms with Crippen LogP contribution >= 0.6 is 0 Å². The minimum atomic E-state index is -4.44. The summed E-state index contributed by atoms with van der Waals surface area (Å²) in [5.41, 5.74) is 5.71. The molecule has 2 rings (SSSR count). The van der Waals surface area contributed by atoms with Crippen molar-refractivity contribution in [2.45, 2.75) is 50.4 Å². The number of alkyl halides is 3. The van der Waals surface area contributed by atoms with Crippen LogP contribution in [-0.4, -0.2) is 12.1 Å². The van der Waals surface area contributed by atoms with E-state index in [-0.39, 0.29) is 17.6 Å². The molecular weight excluding hydrogens is 279 g/mol. The first-order valence-electron chi connectivity index (χ1n) is 7.05. The maximum atomic E-state index is 12.7. The van der Waals surface area contributed by atoms with Crippen molar-refractivity contribution < 1.29 is 13.2 Å². The summed E-state index contributed by atoms with van der Waals surface area (Å²) in [7, 11) is 0. The van der Waals surface area contributed by atoms with Gasteiger partial charge in [-0.3, -0.25) is 0 Å². The first-order chi connectivity index (χ1) is 9.91. The molecule has 3 nitrogen and oxygen atoms in total. The Morgan fingerprint density at radius 2 is 1.90 bits per heavy atom. The summed E-state index contributed by atoms with van der Waals surface area (Å²) in [6.45, 7) is 0. The SMILES string of the molecule is N#Cc1cc(C(F)(F)F)ccc1NC1CCCCCC1N. The number of nitrogens with zero attached hydrogens (tertiary/aromatic N) is 1. The molecule has 0 aromatic heterocycles. The van der Waals surface area contributed by atoms with Gasteiger partial charge >= 0.3 is 6.18 Å². The van der Waals surface area contributed by atoms with E-state index in [4.69, 9.17) is 11.0 Å². The van der Waals surface area contributed by atoms with Crippen molar-refractivity contribution in [2.75, 3.05) is 5.32 Å². The summed E-state index contributed by atoms with van der Waals surface area (Å²) in [5.74, 6) is 0. The van der Waals surface area contributed by atoms with Crippen LogP contribution in [0.15, 0.2) is 18.2 Å². The summed E-state index contributed by atoms with van der Waals surface area (Å²) in [4.78, 5) is 0. The highest BCUT2D eigenvalue weighted by Gasteiger charge is 2.31. The summed E-state index contributed by atoms with van der Waals surface area (Å²) in [6.07, 6.45) is 0.533. The zero-order chi connectivity index (χ0) is 15.5. The van der Waals surface area contributed by atoms with Crippen molar-refractivity contribution in [1.29, 1.82) is 5.26 Å². The Kier molecular flexibility index (Phi) is 4.73. The predicted octanol–water partition coefficient (Wildman–Crippen LogP) is 3.65. The molecule has 0 spiro atoms. The van der Waals surface area contributed by atoms with Crippen LogP contribution in [0.4, 0.5) is 18.9 Å². The molecule has 0 aliphatic heterocycles. The Bertz CT molecular complexity index is 534. The fourth-order valence-corrected chi connectivity index (χ4v) is 2.65. The van der Waals surface area contributed by atoms with Crippen LogP contribution in [0.2, 0.25) is 0 Å². The van der Waals surface area contributed by atoms with Crippen LogP contribution in [0.5, 0.6) is 0 Å². The first-order valence-corrected chi connectivity index (χ1v) is 7.05. The molecule has 3 N–H and O–H groups in total. The molecule has 21 heavy (non-hydrogen) atoms. The van der Waals surface area contributed by atoms with Gasteiger partial charge in [0, 0.05) is 12.1 Å². The lowest BCUT2D eigenvalue weighted by molar-refractivity contribution is -0.137. The molecule has 2 atom stereocenters. The normalized spacial score (nSPS) is 23.2. The third-order valence-corrected chi connectivity index (χ3v) is 3.88. The van der Waals surface area contributed by atoms with Gasteiger partial charge in [-0.1, -0.05) is 19.3 Å². The van der Waals surface area contributed by atoms with Gasteiger partial charge in [0.05, 0.1) is 16.8 Å². The van der Waals surface area contributed by atoms with E-state index < -0.39 is 11.7 Å². The van der Waals surface area contributed by atoms with Crippen LogP contribution in [-0.2, 0) is 6.18 Å². The number of hydrogen-bond acceptors (Lipinski definition) is 3. The minimum absolute atomic E-state index is 0.00118. The lowest BCUT2D eigenvalue weighted by atomic mass is 10.0. The molecule has 0 heterocycles. The number of nitrogens with one attached hydrogen (secondary N) is 1. The molecule has 1 aromatic rings. The molecule has 1 aliphatic rings. The Balaban J connectivity index is 2.22. The molecule has 1 aliphatic carbocycles. The Hall–Kier alpha value is -1.74. The average molecular weight is 297 g/mol. The second kappa shape index (κ2) is 6.35. The number of nitrogens with two attached hydrogens (primary N) is 1. The quantitative estimate of drug-likeness (QED) is 0.819. The third kappa shape index (κ3) is 3.88. The largest absolute Gasteiger partial charge is 0.416 e. The van der Waals surface area contributed by atoms with Gasteiger partial charge in [-0.2, -0.15) is 18.4 Å². The van der Waals surface area contributed by atoms with Gasteiger partial charge in [0.2, 0.25) is 0 Å². The molecule has 2 unspecified atom stereocenters. The van der Waals surface area contributed by atoms with E-state index in [1.54, 1.807) is 0 Å². The topological polar surface area (TPSA) is 61.8 Å². The van der Waals surface area contributed by atoms with E-state index in [0.29, 0.717) is 5.69 Å². The van der Waals surface area contributed by atoms with Gasteiger partial charge in [0.1, 0.15) is 6.07 Å². The highest BCUT2D eigenvalue weighted by Crippen LogP contribution is 2.32. The zero-order valence-electron chi connectivity index (χ0n) is 11.6. The van der Waals surface area contributed by atoms with Crippen LogP contribution in [0.1, 0.15) is 43.2 Å². The summed E-state index contributed by atoms with van der Waals surface area (Å²) in [6, 6.07) is 4.97. The van der Waals surface area contributed by atoms with E-state index in [1.807, 2.05) is 6.07 Å². The van der Waals surface area contributed by atoms with Gasteiger partial charge in [-0.05, 0) is 31.0 Å². The molecule has 1 saturated carbocycles. The van der Waals surface area contributed by atoms with Gasteiger partial charge < -0.3 is 11.1 Å². The summed E-state index contributed by atoms with van der Waals surface area (Å²) in [5, 5.41) is 12.2. The Morgan fingerprint density at radius 3 is 2.57 bits per heavy atom. The standard InChI is InChI=1S/C15H18F3N3/c16-15(17,18)11-6-7-13(10(8-11)9-19)21-14-5-3-1-2-4-12(14)20/h6-8,12,14,21H,1-5,20H2. The number of hydrogen-bond donors (Lipinski definition) is 2. The second-order valence-electron chi connectivity index (χ2n) is 5.42. The number of benzene rings is 1. The molecule has 1 fully saturated rings. The minimum Gasteiger partial charge on any atom is -0.380 e. The van der Waals surface area contributed by atoms with Crippen LogP contribution in [0.3, 0.4) is 0 Å². The van der Waals surface area contributed by atoms with Crippen molar-refractivity contribution >= 4 is 5.69 Å². The maximum absolute atomic E-state index is 12.7. The number of anilines is 1. The van der Waals surface area contributed by atoms with Crippen molar-refractivity contribution in [1.82, 2.24) is 0 Å². The molecular formula is C15H18F3N3. The molecule has 0 saturated heterocycles. The third-order valence-electron chi connectivity index (χ3n) is 3.88. The van der Waals surface area contributed by atoms with Gasteiger partial charge in [0.15, 0.2) is 0 Å². The molecule has 114 valence electrons. The second-order valence-corrected chi connectivity index (χ2v) is 5.42. The maximum Gasteiger partial charge on any atom is 0.416 e. The highest BCUT2D eigenvalue weighted by molar-refractivity contribution is 5.59. The van der Waals surface area contributed by atoms with Crippen LogP contribution in [0, 0.1) is 11.3 Å². The number of nitriles is 1. The van der Waals surface area contributed by atoms with Gasteiger partial charge in [-0.25, -0.2) is 0 Å². The molecule has 0 bridgehead atoms. The molecule has 0 amide bonds. The van der Waals surface area contributed by atoms with Crippen LogP contribution < -0.4 is 11.1 Å². The number of rotatable bonds is 2. The Morgan fingerprint density at radius 1 is 1.19 bits per heavy atom. The average Bonchev–Trinajstić information content (AvgIpc) is 2.63. The lowest BCUT2D eigenvalue weighted by Crippen LogP contribution is -2.39. The lowest BCUT2D eigenvalue weighted by Gasteiger charge is -2.24. The predicted molar refractivity (Wildman–Crippen MR) is 74.6 cm³/mol. The number of halogens is 3. The molecule has 1 aromatic carbocycles. The van der Waals surface area contributed by atoms with E-state index in [2.05, 4.69) is 5.32 Å². The smallest absolute Gasteiger partial charge is 0.380 e. The fourth-order valence-electron chi connectivity index (χ4n) is 2.65. The van der Waals surface area contributed by atoms with Crippen molar-refractivity contribution in [3.63, 3.8) is 0 Å². The Labute approximate surface area is 121 Å². The van der Waals surface area contributed by atoms with Gasteiger partial charge in [-0.15, -0.1) is 0 Å². The first kappa shape index (κ1) is 15.6. The van der Waals surface area contributed by atoms with E-state index in [9.17, 15) is 13.2 Å². The van der Waals surface area contributed by atoms with Gasteiger partial charge in [0.25, 0.3) is 0 Å². The molecule has 6 heteroatoms. The van der Waals surface area contributed by atoms with E-state index >= 15 is 0 Å².